The van der Waals surface area contributed by atoms with Crippen molar-refractivity contribution in [2.75, 3.05) is 11.9 Å². The fourth-order valence-electron chi connectivity index (χ4n) is 2.94. The van der Waals surface area contributed by atoms with Crippen LogP contribution in [0, 0.1) is 0 Å². The molecule has 0 fully saturated rings. The highest BCUT2D eigenvalue weighted by Crippen LogP contribution is 2.55. The van der Waals surface area contributed by atoms with E-state index in [1.54, 1.807) is 5.56 Å². The molecule has 1 N–H and O–H groups in total. The van der Waals surface area contributed by atoms with E-state index in [1.807, 2.05) is 0 Å². The predicted molar refractivity (Wildman–Crippen MR) is 50.3 cm³/mol. The van der Waals surface area contributed by atoms with E-state index in [2.05, 4.69) is 17.4 Å². The van der Waals surface area contributed by atoms with Gasteiger partial charge < -0.3 is 10.1 Å². The molecular weight excluding hydrogens is 162 g/mol. The van der Waals surface area contributed by atoms with E-state index in [0.717, 1.165) is 18.2 Å². The summed E-state index contributed by atoms with van der Waals surface area (Å²) in [5, 5.41) is 3.47. The van der Waals surface area contributed by atoms with Gasteiger partial charge in [0.05, 0.1) is 0 Å². The molecule has 2 nitrogen and oxygen atoms in total. The average Bonchev–Trinajstić information content (AvgIpc) is 2.50. The minimum atomic E-state index is 0.432. The van der Waals surface area contributed by atoms with Gasteiger partial charge in [0.2, 0.25) is 0 Å². The van der Waals surface area contributed by atoms with E-state index in [0.29, 0.717) is 6.10 Å². The molecule has 2 heterocycles. The maximum Gasteiger partial charge on any atom is 0.128 e. The van der Waals surface area contributed by atoms with Crippen LogP contribution in [0.4, 0.5) is 5.69 Å². The van der Waals surface area contributed by atoms with Crippen molar-refractivity contribution in [3.05, 3.63) is 23.3 Å². The smallest absolute Gasteiger partial charge is 0.128 e. The second-order valence-electron chi connectivity index (χ2n) is 4.20. The van der Waals surface area contributed by atoms with Gasteiger partial charge >= 0.3 is 0 Å². The first-order valence-electron chi connectivity index (χ1n) is 5.01. The average molecular weight is 173 g/mol. The second kappa shape index (κ2) is 1.84. The summed E-state index contributed by atoms with van der Waals surface area (Å²) in [5.74, 6) is 1.90. The zero-order chi connectivity index (χ0) is 8.41. The summed E-state index contributed by atoms with van der Waals surface area (Å²) < 4.78 is 5.67. The van der Waals surface area contributed by atoms with Gasteiger partial charge in [-0.05, 0) is 30.5 Å². The van der Waals surface area contributed by atoms with Crippen molar-refractivity contribution in [3.8, 4) is 5.75 Å². The monoisotopic (exact) mass is 173 g/mol. The molecular formula is C11H11NO. The van der Waals surface area contributed by atoms with Gasteiger partial charge in [0, 0.05) is 23.7 Å². The van der Waals surface area contributed by atoms with E-state index in [4.69, 9.17) is 4.74 Å². The standard InChI is InChI=1S/C11H11NO/c1-3-8-11-9(13-8)4-2-7-10(11)6(1)5-12-7/h2,4,6,8,12H,1,3,5H2. The molecule has 0 amide bonds. The second-order valence-corrected chi connectivity index (χ2v) is 4.20. The van der Waals surface area contributed by atoms with Gasteiger partial charge in [0.1, 0.15) is 11.9 Å². The number of rotatable bonds is 0. The summed E-state index contributed by atoms with van der Waals surface area (Å²) in [6, 6.07) is 4.26. The van der Waals surface area contributed by atoms with Crippen molar-refractivity contribution in [2.45, 2.75) is 24.9 Å². The molecule has 2 atom stereocenters. The van der Waals surface area contributed by atoms with Crippen LogP contribution in [0.3, 0.4) is 0 Å². The zero-order valence-electron chi connectivity index (χ0n) is 7.34. The van der Waals surface area contributed by atoms with Gasteiger partial charge in [0.15, 0.2) is 0 Å². The third-order valence-electron chi connectivity index (χ3n) is 3.56. The molecule has 0 bridgehead atoms. The van der Waals surface area contributed by atoms with Crippen LogP contribution in [0.5, 0.6) is 5.75 Å². The normalized spacial score (nSPS) is 31.4. The third-order valence-corrected chi connectivity index (χ3v) is 3.56. The SMILES string of the molecule is c1cc2c3c4c1NCC4CCC3O2. The Labute approximate surface area is 76.9 Å². The molecule has 2 unspecified atom stereocenters. The molecule has 3 aliphatic rings. The largest absolute Gasteiger partial charge is 0.485 e. The highest BCUT2D eigenvalue weighted by Gasteiger charge is 2.41. The Hall–Kier alpha value is -1.18. The molecule has 1 aromatic carbocycles. The Bertz CT molecular complexity index is 399. The summed E-state index contributed by atoms with van der Waals surface area (Å²) in [7, 11) is 0. The molecule has 0 radical (unpaired) electrons. The molecule has 66 valence electrons. The molecule has 0 spiro atoms. The molecule has 0 saturated carbocycles. The van der Waals surface area contributed by atoms with Crippen molar-refractivity contribution in [1.29, 1.82) is 0 Å². The minimum absolute atomic E-state index is 0.432. The number of benzene rings is 1. The van der Waals surface area contributed by atoms with Gasteiger partial charge in [-0.1, -0.05) is 0 Å². The van der Waals surface area contributed by atoms with Crippen molar-refractivity contribution in [1.82, 2.24) is 0 Å². The van der Waals surface area contributed by atoms with Gasteiger partial charge in [-0.3, -0.25) is 0 Å². The van der Waals surface area contributed by atoms with E-state index >= 15 is 0 Å². The minimum Gasteiger partial charge on any atom is -0.485 e. The Kier molecular flexibility index (Phi) is 0.891. The number of hydrogen-bond acceptors (Lipinski definition) is 2. The quantitative estimate of drug-likeness (QED) is 0.650. The van der Waals surface area contributed by atoms with Crippen molar-refractivity contribution >= 4 is 5.69 Å². The number of anilines is 1. The van der Waals surface area contributed by atoms with Crippen LogP contribution >= 0.6 is 0 Å². The highest BCUT2D eigenvalue weighted by molar-refractivity contribution is 5.68. The maximum atomic E-state index is 5.67. The lowest BCUT2D eigenvalue weighted by Gasteiger charge is -2.38. The van der Waals surface area contributed by atoms with Crippen LogP contribution < -0.4 is 10.1 Å². The maximum absolute atomic E-state index is 5.67. The lowest BCUT2D eigenvalue weighted by Crippen LogP contribution is -2.26. The van der Waals surface area contributed by atoms with Crippen molar-refractivity contribution in [3.63, 3.8) is 0 Å². The van der Waals surface area contributed by atoms with E-state index < -0.39 is 0 Å². The third kappa shape index (κ3) is 0.588. The number of ether oxygens (including phenoxy) is 1. The lowest BCUT2D eigenvalue weighted by atomic mass is 9.79. The Morgan fingerprint density at radius 3 is 3.23 bits per heavy atom. The first-order chi connectivity index (χ1) is 6.43. The van der Waals surface area contributed by atoms with Crippen LogP contribution in [0.2, 0.25) is 0 Å². The molecule has 2 heteroatoms. The fraction of sp³-hybridized carbons (Fsp3) is 0.455. The Morgan fingerprint density at radius 1 is 1.23 bits per heavy atom. The van der Waals surface area contributed by atoms with Crippen molar-refractivity contribution in [2.24, 2.45) is 0 Å². The highest BCUT2D eigenvalue weighted by atomic mass is 16.5. The Morgan fingerprint density at radius 2 is 2.23 bits per heavy atom. The first-order valence-corrected chi connectivity index (χ1v) is 5.01. The molecule has 1 aromatic rings. The van der Waals surface area contributed by atoms with E-state index in [-0.39, 0.29) is 0 Å². The molecule has 0 saturated heterocycles. The summed E-state index contributed by atoms with van der Waals surface area (Å²) in [6.45, 7) is 1.14. The van der Waals surface area contributed by atoms with E-state index in [1.165, 1.54) is 24.1 Å². The molecule has 1 aliphatic carbocycles. The molecule has 2 aliphatic heterocycles. The zero-order valence-corrected chi connectivity index (χ0v) is 7.34. The summed E-state index contributed by atoms with van der Waals surface area (Å²) in [5.41, 5.74) is 4.44. The van der Waals surface area contributed by atoms with Crippen LogP contribution in [-0.2, 0) is 0 Å². The van der Waals surface area contributed by atoms with Gasteiger partial charge in [-0.25, -0.2) is 0 Å². The topological polar surface area (TPSA) is 21.3 Å². The fourth-order valence-corrected chi connectivity index (χ4v) is 2.94. The first kappa shape index (κ1) is 6.30. The van der Waals surface area contributed by atoms with Crippen LogP contribution in [-0.4, -0.2) is 6.54 Å². The van der Waals surface area contributed by atoms with Crippen LogP contribution in [0.25, 0.3) is 0 Å². The van der Waals surface area contributed by atoms with E-state index in [9.17, 15) is 0 Å². The summed E-state index contributed by atoms with van der Waals surface area (Å²) >= 11 is 0. The summed E-state index contributed by atoms with van der Waals surface area (Å²) in [4.78, 5) is 0. The van der Waals surface area contributed by atoms with Gasteiger partial charge in [-0.2, -0.15) is 0 Å². The lowest BCUT2D eigenvalue weighted by molar-refractivity contribution is 0.121. The predicted octanol–water partition coefficient (Wildman–Crippen LogP) is 2.42. The van der Waals surface area contributed by atoms with Gasteiger partial charge in [-0.15, -0.1) is 0 Å². The Balaban J connectivity index is 2.07. The molecule has 0 aromatic heterocycles. The van der Waals surface area contributed by atoms with Crippen LogP contribution in [0.15, 0.2) is 12.1 Å². The van der Waals surface area contributed by atoms with Crippen molar-refractivity contribution < 1.29 is 4.74 Å². The number of hydrogen-bond donors (Lipinski definition) is 1. The molecule has 4 rings (SSSR count). The molecule has 13 heavy (non-hydrogen) atoms. The summed E-state index contributed by atoms with van der Waals surface area (Å²) in [6.07, 6.45) is 2.94. The van der Waals surface area contributed by atoms with Crippen LogP contribution in [0.1, 0.15) is 36.0 Å². The van der Waals surface area contributed by atoms with Gasteiger partial charge in [0.25, 0.3) is 0 Å². The number of nitrogens with one attached hydrogen (secondary N) is 1.